The van der Waals surface area contributed by atoms with Gasteiger partial charge in [-0.3, -0.25) is 0 Å². The van der Waals surface area contributed by atoms with E-state index in [9.17, 15) is 4.79 Å². The number of nitrogens with zero attached hydrogens (tertiary/aromatic N) is 1. The summed E-state index contributed by atoms with van der Waals surface area (Å²) in [5.74, 6) is 0.251. The number of aromatic nitrogens is 1. The fourth-order valence-electron chi connectivity index (χ4n) is 1.87. The molecule has 2 rings (SSSR count). The predicted molar refractivity (Wildman–Crippen MR) is 68.4 cm³/mol. The van der Waals surface area contributed by atoms with Crippen molar-refractivity contribution in [2.45, 2.75) is 0 Å². The molecule has 0 bridgehead atoms. The summed E-state index contributed by atoms with van der Waals surface area (Å²) in [6.07, 6.45) is 0. The molecule has 0 saturated carbocycles. The lowest BCUT2D eigenvalue weighted by atomic mass is 10.1. The van der Waals surface area contributed by atoms with Gasteiger partial charge in [0.25, 0.3) is 0 Å². The Morgan fingerprint density at radius 1 is 1.11 bits per heavy atom. The van der Waals surface area contributed by atoms with Gasteiger partial charge in [0.2, 0.25) is 5.75 Å². The largest absolute Gasteiger partial charge is 0.493 e. The molecule has 0 saturated heterocycles. The van der Waals surface area contributed by atoms with Crippen molar-refractivity contribution in [3.63, 3.8) is 0 Å². The summed E-state index contributed by atoms with van der Waals surface area (Å²) in [5, 5.41) is 9.61. The van der Waals surface area contributed by atoms with Gasteiger partial charge in [-0.15, -0.1) is 0 Å². The molecule has 2 aromatic rings. The zero-order chi connectivity index (χ0) is 14.0. The Kier molecular flexibility index (Phi) is 3.41. The second-order valence-corrected chi connectivity index (χ2v) is 3.71. The lowest BCUT2D eigenvalue weighted by Crippen LogP contribution is -2.01. The molecular weight excluding hydrogens is 250 g/mol. The molecule has 1 aromatic carbocycles. The monoisotopic (exact) mass is 263 g/mol. The first-order chi connectivity index (χ1) is 9.12. The molecule has 0 atom stereocenters. The van der Waals surface area contributed by atoms with Crippen LogP contribution in [0.2, 0.25) is 0 Å². The van der Waals surface area contributed by atoms with Gasteiger partial charge in [0.15, 0.2) is 11.5 Å². The van der Waals surface area contributed by atoms with Gasteiger partial charge in [0.1, 0.15) is 5.69 Å². The van der Waals surface area contributed by atoms with Crippen molar-refractivity contribution >= 4 is 16.9 Å². The normalized spacial score (nSPS) is 10.3. The third-order valence-corrected chi connectivity index (χ3v) is 2.71. The van der Waals surface area contributed by atoms with Crippen molar-refractivity contribution in [2.24, 2.45) is 0 Å². The number of carbonyl (C=O) groups is 1. The molecule has 0 radical (unpaired) electrons. The minimum Gasteiger partial charge on any atom is -0.493 e. The van der Waals surface area contributed by atoms with E-state index in [1.165, 1.54) is 27.4 Å². The SMILES string of the molecule is COc1cc2nc(C(=O)O)ccc2c(OC)c1OC. The fourth-order valence-corrected chi connectivity index (χ4v) is 1.87. The summed E-state index contributed by atoms with van der Waals surface area (Å²) in [7, 11) is 4.50. The van der Waals surface area contributed by atoms with E-state index in [1.807, 2.05) is 0 Å². The number of methoxy groups -OCH3 is 3. The van der Waals surface area contributed by atoms with Crippen molar-refractivity contribution in [3.05, 3.63) is 23.9 Å². The average Bonchev–Trinajstić information content (AvgIpc) is 2.43. The summed E-state index contributed by atoms with van der Waals surface area (Å²) >= 11 is 0. The van der Waals surface area contributed by atoms with E-state index in [-0.39, 0.29) is 5.69 Å². The highest BCUT2D eigenvalue weighted by Crippen LogP contribution is 2.42. The van der Waals surface area contributed by atoms with Gasteiger partial charge in [0.05, 0.1) is 26.8 Å². The number of aromatic carboxylic acids is 1. The summed E-state index contributed by atoms with van der Waals surface area (Å²) in [6, 6.07) is 4.66. The van der Waals surface area contributed by atoms with E-state index in [0.29, 0.717) is 28.2 Å². The van der Waals surface area contributed by atoms with Crippen LogP contribution in [0.15, 0.2) is 18.2 Å². The van der Waals surface area contributed by atoms with E-state index in [2.05, 4.69) is 4.98 Å². The van der Waals surface area contributed by atoms with Crippen LogP contribution >= 0.6 is 0 Å². The maximum absolute atomic E-state index is 10.9. The van der Waals surface area contributed by atoms with Gasteiger partial charge in [-0.1, -0.05) is 0 Å². The number of pyridine rings is 1. The Morgan fingerprint density at radius 3 is 2.32 bits per heavy atom. The Morgan fingerprint density at radius 2 is 1.79 bits per heavy atom. The zero-order valence-corrected chi connectivity index (χ0v) is 10.8. The lowest BCUT2D eigenvalue weighted by molar-refractivity contribution is 0.0691. The first-order valence-electron chi connectivity index (χ1n) is 5.45. The summed E-state index contributed by atoms with van der Waals surface area (Å²) in [4.78, 5) is 15.0. The topological polar surface area (TPSA) is 77.9 Å². The number of fused-ring (bicyclic) bond motifs is 1. The number of ether oxygens (including phenoxy) is 3. The highest BCUT2D eigenvalue weighted by Gasteiger charge is 2.17. The number of carboxylic acids is 1. The molecule has 1 N–H and O–H groups in total. The maximum atomic E-state index is 10.9. The molecule has 0 aliphatic rings. The van der Waals surface area contributed by atoms with Crippen molar-refractivity contribution in [2.75, 3.05) is 21.3 Å². The molecule has 1 aromatic heterocycles. The first-order valence-corrected chi connectivity index (χ1v) is 5.45. The zero-order valence-electron chi connectivity index (χ0n) is 10.8. The Balaban J connectivity index is 2.80. The van der Waals surface area contributed by atoms with Crippen molar-refractivity contribution in [1.29, 1.82) is 0 Å². The van der Waals surface area contributed by atoms with Gasteiger partial charge in [0, 0.05) is 11.5 Å². The number of carboxylic acid groups (broad SMARTS) is 1. The molecule has 100 valence electrons. The molecule has 0 aliphatic heterocycles. The van der Waals surface area contributed by atoms with E-state index < -0.39 is 5.97 Å². The predicted octanol–water partition coefficient (Wildman–Crippen LogP) is 1.96. The van der Waals surface area contributed by atoms with Crippen LogP contribution in [-0.4, -0.2) is 37.4 Å². The van der Waals surface area contributed by atoms with Gasteiger partial charge in [-0.2, -0.15) is 0 Å². The van der Waals surface area contributed by atoms with E-state index in [1.54, 1.807) is 12.1 Å². The molecule has 0 aliphatic carbocycles. The fraction of sp³-hybridized carbons (Fsp3) is 0.231. The average molecular weight is 263 g/mol. The Bertz CT molecular complexity index is 638. The van der Waals surface area contributed by atoms with Crippen LogP contribution in [0.25, 0.3) is 10.9 Å². The van der Waals surface area contributed by atoms with E-state index >= 15 is 0 Å². The van der Waals surface area contributed by atoms with E-state index in [4.69, 9.17) is 19.3 Å². The summed E-state index contributed by atoms with van der Waals surface area (Å²) in [5.41, 5.74) is 0.427. The molecule has 0 fully saturated rings. The van der Waals surface area contributed by atoms with Gasteiger partial charge >= 0.3 is 5.97 Å². The second-order valence-electron chi connectivity index (χ2n) is 3.71. The first kappa shape index (κ1) is 12.9. The molecule has 1 heterocycles. The van der Waals surface area contributed by atoms with Crippen LogP contribution in [0.5, 0.6) is 17.2 Å². The standard InChI is InChI=1S/C13H13NO5/c1-17-10-6-9-7(11(18-2)12(10)19-3)4-5-8(14-9)13(15)16/h4-6H,1-3H3,(H,15,16). The molecule has 6 heteroatoms. The third kappa shape index (κ3) is 2.12. The quantitative estimate of drug-likeness (QED) is 0.908. The molecule has 0 spiro atoms. The molecule has 19 heavy (non-hydrogen) atoms. The minimum atomic E-state index is -1.09. The number of benzene rings is 1. The van der Waals surface area contributed by atoms with Gasteiger partial charge in [-0.25, -0.2) is 9.78 Å². The molecule has 0 unspecified atom stereocenters. The third-order valence-electron chi connectivity index (χ3n) is 2.71. The van der Waals surface area contributed by atoms with Crippen molar-refractivity contribution in [1.82, 2.24) is 4.98 Å². The highest BCUT2D eigenvalue weighted by atomic mass is 16.5. The van der Waals surface area contributed by atoms with Crippen LogP contribution in [0.4, 0.5) is 0 Å². The van der Waals surface area contributed by atoms with Crippen molar-refractivity contribution < 1.29 is 24.1 Å². The van der Waals surface area contributed by atoms with Crippen LogP contribution < -0.4 is 14.2 Å². The summed E-state index contributed by atoms with van der Waals surface area (Å²) in [6.45, 7) is 0. The minimum absolute atomic E-state index is 0.0400. The molecule has 0 amide bonds. The molecule has 6 nitrogen and oxygen atoms in total. The lowest BCUT2D eigenvalue weighted by Gasteiger charge is -2.14. The van der Waals surface area contributed by atoms with Crippen molar-refractivity contribution in [3.8, 4) is 17.2 Å². The highest BCUT2D eigenvalue weighted by molar-refractivity contribution is 5.94. The molecular formula is C13H13NO5. The number of hydrogen-bond donors (Lipinski definition) is 1. The van der Waals surface area contributed by atoms with Crippen LogP contribution in [0, 0.1) is 0 Å². The van der Waals surface area contributed by atoms with Crippen LogP contribution in [0.3, 0.4) is 0 Å². The smallest absolute Gasteiger partial charge is 0.354 e. The Hall–Kier alpha value is -2.50. The number of rotatable bonds is 4. The second kappa shape index (κ2) is 5.01. The van der Waals surface area contributed by atoms with Crippen LogP contribution in [-0.2, 0) is 0 Å². The van der Waals surface area contributed by atoms with Gasteiger partial charge < -0.3 is 19.3 Å². The maximum Gasteiger partial charge on any atom is 0.354 e. The number of hydrogen-bond acceptors (Lipinski definition) is 5. The van der Waals surface area contributed by atoms with E-state index in [0.717, 1.165) is 0 Å². The van der Waals surface area contributed by atoms with Crippen LogP contribution in [0.1, 0.15) is 10.5 Å². The van der Waals surface area contributed by atoms with Gasteiger partial charge in [-0.05, 0) is 12.1 Å². The Labute approximate surface area is 109 Å². The summed E-state index contributed by atoms with van der Waals surface area (Å²) < 4.78 is 15.7.